The predicted octanol–water partition coefficient (Wildman–Crippen LogP) is 1.12. The zero-order valence-electron chi connectivity index (χ0n) is 10.3. The second-order valence-corrected chi connectivity index (χ2v) is 5.29. The van der Waals surface area contributed by atoms with Crippen molar-refractivity contribution in [1.29, 1.82) is 0 Å². The second-order valence-electron chi connectivity index (χ2n) is 4.14. The van der Waals surface area contributed by atoms with E-state index in [9.17, 15) is 4.79 Å². The molecule has 1 aromatic heterocycles. The summed E-state index contributed by atoms with van der Waals surface area (Å²) in [5, 5.41) is 9.94. The molecule has 0 aliphatic carbocycles. The van der Waals surface area contributed by atoms with Gasteiger partial charge in [-0.1, -0.05) is 5.16 Å². The highest BCUT2D eigenvalue weighted by atomic mass is 35.5. The number of halogens is 1. The van der Waals surface area contributed by atoms with Crippen LogP contribution in [0.15, 0.2) is 10.6 Å². The minimum atomic E-state index is 0. The molecule has 1 saturated heterocycles. The van der Waals surface area contributed by atoms with E-state index in [1.807, 2.05) is 24.8 Å². The first kappa shape index (κ1) is 15.3. The van der Waals surface area contributed by atoms with Crippen LogP contribution in [0.5, 0.6) is 0 Å². The van der Waals surface area contributed by atoms with E-state index in [2.05, 4.69) is 15.8 Å². The fourth-order valence-corrected chi connectivity index (χ4v) is 2.68. The van der Waals surface area contributed by atoms with E-state index in [1.165, 1.54) is 0 Å². The van der Waals surface area contributed by atoms with Gasteiger partial charge in [0.15, 0.2) is 5.76 Å². The molecule has 1 amide bonds. The number of nitrogens with zero attached hydrogens (tertiary/aromatic N) is 1. The molecule has 0 saturated carbocycles. The van der Waals surface area contributed by atoms with Gasteiger partial charge in [-0.15, -0.1) is 12.4 Å². The summed E-state index contributed by atoms with van der Waals surface area (Å²) in [4.78, 5) is 11.7. The third-order valence-corrected chi connectivity index (χ3v) is 3.70. The van der Waals surface area contributed by atoms with Crippen LogP contribution >= 0.6 is 24.2 Å². The molecule has 102 valence electrons. The number of carbonyl (C=O) groups excluding carboxylic acids is 1. The third-order valence-electron chi connectivity index (χ3n) is 2.57. The van der Waals surface area contributed by atoms with Crippen molar-refractivity contribution in [3.8, 4) is 0 Å². The predicted molar refractivity (Wildman–Crippen MR) is 74.1 cm³/mol. The average molecular weight is 292 g/mol. The lowest BCUT2D eigenvalue weighted by atomic mass is 10.2. The van der Waals surface area contributed by atoms with Gasteiger partial charge in [0.25, 0.3) is 0 Å². The lowest BCUT2D eigenvalue weighted by Crippen LogP contribution is -2.41. The number of rotatable bonds is 4. The highest BCUT2D eigenvalue weighted by Gasteiger charge is 2.16. The molecule has 0 aromatic carbocycles. The van der Waals surface area contributed by atoms with Crippen molar-refractivity contribution in [2.75, 3.05) is 18.1 Å². The van der Waals surface area contributed by atoms with Crippen molar-refractivity contribution in [1.82, 2.24) is 15.8 Å². The van der Waals surface area contributed by atoms with Crippen LogP contribution in [0.3, 0.4) is 0 Å². The number of hydrogen-bond donors (Lipinski definition) is 2. The van der Waals surface area contributed by atoms with E-state index >= 15 is 0 Å². The SMILES string of the molecule is Cc1cc(CNC(=O)CC2CSCCN2)on1.Cl. The number of amides is 1. The standard InChI is InChI=1S/C11H17N3O2S.ClH/c1-8-4-10(16-14-8)6-13-11(15)5-9-7-17-3-2-12-9;/h4,9,12H,2-3,5-7H2,1H3,(H,13,15);1H. The third kappa shape index (κ3) is 4.88. The van der Waals surface area contributed by atoms with Crippen LogP contribution < -0.4 is 10.6 Å². The number of hydrogen-bond acceptors (Lipinski definition) is 5. The Morgan fingerprint density at radius 1 is 1.72 bits per heavy atom. The molecule has 7 heteroatoms. The largest absolute Gasteiger partial charge is 0.359 e. The molecule has 1 aliphatic rings. The highest BCUT2D eigenvalue weighted by molar-refractivity contribution is 7.99. The summed E-state index contributed by atoms with van der Waals surface area (Å²) < 4.78 is 5.02. The van der Waals surface area contributed by atoms with E-state index in [1.54, 1.807) is 0 Å². The van der Waals surface area contributed by atoms with Crippen LogP contribution in [0.4, 0.5) is 0 Å². The molecular formula is C11H18ClN3O2S. The van der Waals surface area contributed by atoms with Gasteiger partial charge in [-0.3, -0.25) is 4.79 Å². The molecule has 1 aliphatic heterocycles. The van der Waals surface area contributed by atoms with E-state index in [0.29, 0.717) is 24.8 Å². The Kier molecular flexibility index (Phi) is 6.52. The Labute approximate surface area is 117 Å². The van der Waals surface area contributed by atoms with Crippen molar-refractivity contribution in [3.63, 3.8) is 0 Å². The first-order valence-electron chi connectivity index (χ1n) is 5.74. The van der Waals surface area contributed by atoms with Crippen LogP contribution in [0.25, 0.3) is 0 Å². The molecular weight excluding hydrogens is 274 g/mol. The summed E-state index contributed by atoms with van der Waals surface area (Å²) in [5.74, 6) is 2.89. The molecule has 0 bridgehead atoms. The first-order chi connectivity index (χ1) is 8.24. The summed E-state index contributed by atoms with van der Waals surface area (Å²) in [6.45, 7) is 3.27. The number of aryl methyl sites for hydroxylation is 1. The van der Waals surface area contributed by atoms with Crippen molar-refractivity contribution in [2.45, 2.75) is 25.9 Å². The molecule has 18 heavy (non-hydrogen) atoms. The van der Waals surface area contributed by atoms with Crippen molar-refractivity contribution in [2.24, 2.45) is 0 Å². The van der Waals surface area contributed by atoms with Crippen LogP contribution in [0, 0.1) is 6.92 Å². The van der Waals surface area contributed by atoms with E-state index in [0.717, 1.165) is 23.7 Å². The first-order valence-corrected chi connectivity index (χ1v) is 6.89. The van der Waals surface area contributed by atoms with Gasteiger partial charge in [-0.05, 0) is 6.92 Å². The van der Waals surface area contributed by atoms with Gasteiger partial charge in [0.1, 0.15) is 0 Å². The molecule has 0 radical (unpaired) electrons. The maximum Gasteiger partial charge on any atom is 0.221 e. The quantitative estimate of drug-likeness (QED) is 0.870. The Balaban J connectivity index is 0.00000162. The summed E-state index contributed by atoms with van der Waals surface area (Å²) in [6.07, 6.45) is 0.528. The van der Waals surface area contributed by atoms with Crippen molar-refractivity contribution < 1.29 is 9.32 Å². The molecule has 5 nitrogen and oxygen atoms in total. The van der Waals surface area contributed by atoms with Crippen LogP contribution in [-0.4, -0.2) is 35.2 Å². The maximum atomic E-state index is 11.7. The molecule has 2 N–H and O–H groups in total. The zero-order valence-corrected chi connectivity index (χ0v) is 11.9. The number of carbonyl (C=O) groups is 1. The van der Waals surface area contributed by atoms with Gasteiger partial charge >= 0.3 is 0 Å². The summed E-state index contributed by atoms with van der Waals surface area (Å²) in [5.41, 5.74) is 0.833. The van der Waals surface area contributed by atoms with Gasteiger partial charge in [-0.2, -0.15) is 11.8 Å². The highest BCUT2D eigenvalue weighted by Crippen LogP contribution is 2.10. The fourth-order valence-electron chi connectivity index (χ4n) is 1.73. The topological polar surface area (TPSA) is 67.2 Å². The molecule has 2 rings (SSSR count). The van der Waals surface area contributed by atoms with E-state index < -0.39 is 0 Å². The Hall–Kier alpha value is -0.720. The molecule has 1 atom stereocenters. The van der Waals surface area contributed by atoms with Crippen LogP contribution in [0.1, 0.15) is 17.9 Å². The van der Waals surface area contributed by atoms with E-state index in [-0.39, 0.29) is 18.3 Å². The van der Waals surface area contributed by atoms with Gasteiger partial charge in [0.2, 0.25) is 5.91 Å². The van der Waals surface area contributed by atoms with Crippen molar-refractivity contribution in [3.05, 3.63) is 17.5 Å². The Bertz CT molecular complexity index is 380. The summed E-state index contributed by atoms with van der Waals surface area (Å²) in [6, 6.07) is 2.12. The van der Waals surface area contributed by atoms with E-state index in [4.69, 9.17) is 4.52 Å². The van der Waals surface area contributed by atoms with Crippen LogP contribution in [-0.2, 0) is 11.3 Å². The molecule has 1 unspecified atom stereocenters. The fraction of sp³-hybridized carbons (Fsp3) is 0.636. The lowest BCUT2D eigenvalue weighted by Gasteiger charge is -2.22. The smallest absolute Gasteiger partial charge is 0.221 e. The minimum Gasteiger partial charge on any atom is -0.359 e. The van der Waals surface area contributed by atoms with Crippen molar-refractivity contribution >= 4 is 30.1 Å². The zero-order chi connectivity index (χ0) is 12.1. The minimum absolute atomic E-state index is 0. The summed E-state index contributed by atoms with van der Waals surface area (Å²) >= 11 is 1.89. The molecule has 2 heterocycles. The number of thioether (sulfide) groups is 1. The average Bonchev–Trinajstić information content (AvgIpc) is 2.74. The second kappa shape index (κ2) is 7.66. The van der Waals surface area contributed by atoms with Gasteiger partial charge in [0, 0.05) is 36.6 Å². The van der Waals surface area contributed by atoms with Gasteiger partial charge in [0.05, 0.1) is 12.2 Å². The molecule has 0 spiro atoms. The van der Waals surface area contributed by atoms with Gasteiger partial charge < -0.3 is 15.2 Å². The van der Waals surface area contributed by atoms with Gasteiger partial charge in [-0.25, -0.2) is 0 Å². The maximum absolute atomic E-state index is 11.7. The number of nitrogens with one attached hydrogen (secondary N) is 2. The Morgan fingerprint density at radius 2 is 2.56 bits per heavy atom. The Morgan fingerprint density at radius 3 is 3.17 bits per heavy atom. The monoisotopic (exact) mass is 291 g/mol. The molecule has 1 fully saturated rings. The number of aromatic nitrogens is 1. The lowest BCUT2D eigenvalue weighted by molar-refractivity contribution is -0.121. The van der Waals surface area contributed by atoms with Crippen LogP contribution in [0.2, 0.25) is 0 Å². The molecule has 1 aromatic rings. The summed E-state index contributed by atoms with van der Waals surface area (Å²) in [7, 11) is 0. The normalized spacial score (nSPS) is 19.1.